The molecule has 0 saturated heterocycles. The second-order valence-electron chi connectivity index (χ2n) is 3.71. The SMILES string of the molecule is Cc1ccoc1C(=O)Nc1cnn(CC(=O)O)c1. The maximum absolute atomic E-state index is 11.8. The fraction of sp³-hybridized carbons (Fsp3) is 0.182. The average molecular weight is 249 g/mol. The molecule has 94 valence electrons. The molecule has 2 aromatic rings. The molecule has 2 aromatic heterocycles. The van der Waals surface area contributed by atoms with E-state index in [2.05, 4.69) is 10.4 Å². The van der Waals surface area contributed by atoms with E-state index in [1.165, 1.54) is 23.3 Å². The number of nitrogens with one attached hydrogen (secondary N) is 1. The molecule has 0 aliphatic carbocycles. The molecule has 0 aromatic carbocycles. The van der Waals surface area contributed by atoms with Crippen LogP contribution in [0.3, 0.4) is 0 Å². The molecular formula is C11H11N3O4. The third-order valence-corrected chi connectivity index (χ3v) is 2.26. The number of carbonyl (C=O) groups excluding carboxylic acids is 1. The van der Waals surface area contributed by atoms with Gasteiger partial charge in [0.05, 0.1) is 18.1 Å². The summed E-state index contributed by atoms with van der Waals surface area (Å²) >= 11 is 0. The summed E-state index contributed by atoms with van der Waals surface area (Å²) in [6.07, 6.45) is 4.24. The molecule has 2 heterocycles. The van der Waals surface area contributed by atoms with Gasteiger partial charge < -0.3 is 14.8 Å². The molecule has 2 N–H and O–H groups in total. The van der Waals surface area contributed by atoms with Crippen molar-refractivity contribution >= 4 is 17.6 Å². The van der Waals surface area contributed by atoms with Gasteiger partial charge in [-0.1, -0.05) is 0 Å². The second-order valence-corrected chi connectivity index (χ2v) is 3.71. The molecule has 1 amide bonds. The second kappa shape index (κ2) is 4.74. The van der Waals surface area contributed by atoms with Crippen LogP contribution in [0.25, 0.3) is 0 Å². The molecule has 0 bridgehead atoms. The molecule has 0 unspecified atom stereocenters. The third-order valence-electron chi connectivity index (χ3n) is 2.26. The van der Waals surface area contributed by atoms with Crippen molar-refractivity contribution in [1.82, 2.24) is 9.78 Å². The Morgan fingerprint density at radius 2 is 2.33 bits per heavy atom. The highest BCUT2D eigenvalue weighted by Crippen LogP contribution is 2.12. The molecule has 7 nitrogen and oxygen atoms in total. The van der Waals surface area contributed by atoms with Gasteiger partial charge in [0.1, 0.15) is 6.54 Å². The first-order valence-corrected chi connectivity index (χ1v) is 5.16. The monoisotopic (exact) mass is 249 g/mol. The minimum absolute atomic E-state index is 0.223. The van der Waals surface area contributed by atoms with E-state index in [9.17, 15) is 9.59 Å². The topological polar surface area (TPSA) is 97.4 Å². The number of rotatable bonds is 4. The van der Waals surface area contributed by atoms with E-state index in [1.54, 1.807) is 13.0 Å². The lowest BCUT2D eigenvalue weighted by atomic mass is 10.2. The summed E-state index contributed by atoms with van der Waals surface area (Å²) < 4.78 is 6.25. The highest BCUT2D eigenvalue weighted by atomic mass is 16.4. The smallest absolute Gasteiger partial charge is 0.325 e. The van der Waals surface area contributed by atoms with E-state index in [0.717, 1.165) is 5.56 Å². The van der Waals surface area contributed by atoms with Crippen molar-refractivity contribution in [2.75, 3.05) is 5.32 Å². The van der Waals surface area contributed by atoms with Gasteiger partial charge in [-0.2, -0.15) is 5.10 Å². The number of aromatic nitrogens is 2. The largest absolute Gasteiger partial charge is 0.480 e. The first-order chi connectivity index (χ1) is 8.56. The van der Waals surface area contributed by atoms with Crippen LogP contribution in [0.5, 0.6) is 0 Å². The fourth-order valence-corrected chi connectivity index (χ4v) is 1.45. The molecule has 0 radical (unpaired) electrons. The number of aryl methyl sites for hydroxylation is 1. The summed E-state index contributed by atoms with van der Waals surface area (Å²) in [5.74, 6) is -1.17. The number of anilines is 1. The Kier molecular flexibility index (Phi) is 3.13. The summed E-state index contributed by atoms with van der Waals surface area (Å²) in [4.78, 5) is 22.2. The zero-order valence-electron chi connectivity index (χ0n) is 9.58. The van der Waals surface area contributed by atoms with Gasteiger partial charge in [0.25, 0.3) is 5.91 Å². The van der Waals surface area contributed by atoms with Crippen LogP contribution in [-0.4, -0.2) is 26.8 Å². The van der Waals surface area contributed by atoms with E-state index < -0.39 is 11.9 Å². The number of hydrogen-bond donors (Lipinski definition) is 2. The van der Waals surface area contributed by atoms with Gasteiger partial charge in [-0.05, 0) is 13.0 Å². The van der Waals surface area contributed by atoms with Crippen LogP contribution in [0.1, 0.15) is 16.1 Å². The Balaban J connectivity index is 2.06. The van der Waals surface area contributed by atoms with E-state index in [1.807, 2.05) is 0 Å². The number of carboxylic acids is 1. The first kappa shape index (κ1) is 11.9. The van der Waals surface area contributed by atoms with Crippen LogP contribution in [0.4, 0.5) is 5.69 Å². The van der Waals surface area contributed by atoms with Crippen LogP contribution in [0.15, 0.2) is 29.1 Å². The van der Waals surface area contributed by atoms with E-state index in [0.29, 0.717) is 5.69 Å². The summed E-state index contributed by atoms with van der Waals surface area (Å²) in [7, 11) is 0. The average Bonchev–Trinajstić information content (AvgIpc) is 2.87. The molecule has 18 heavy (non-hydrogen) atoms. The molecule has 0 atom stereocenters. The fourth-order valence-electron chi connectivity index (χ4n) is 1.45. The van der Waals surface area contributed by atoms with Gasteiger partial charge in [0.15, 0.2) is 5.76 Å². The molecule has 7 heteroatoms. The molecule has 0 fully saturated rings. The van der Waals surface area contributed by atoms with Gasteiger partial charge in [-0.25, -0.2) is 0 Å². The van der Waals surface area contributed by atoms with Crippen molar-refractivity contribution in [3.05, 3.63) is 36.0 Å². The number of nitrogens with zero attached hydrogens (tertiary/aromatic N) is 2. The number of aliphatic carboxylic acids is 1. The van der Waals surface area contributed by atoms with Crippen molar-refractivity contribution in [3.63, 3.8) is 0 Å². The van der Waals surface area contributed by atoms with Gasteiger partial charge >= 0.3 is 5.97 Å². The van der Waals surface area contributed by atoms with Gasteiger partial charge in [0.2, 0.25) is 0 Å². The van der Waals surface area contributed by atoms with Crippen LogP contribution in [0, 0.1) is 6.92 Å². The van der Waals surface area contributed by atoms with Crippen molar-refractivity contribution in [2.45, 2.75) is 13.5 Å². The van der Waals surface area contributed by atoms with E-state index in [4.69, 9.17) is 9.52 Å². The van der Waals surface area contributed by atoms with E-state index >= 15 is 0 Å². The number of carboxylic acid groups (broad SMARTS) is 1. The molecule has 0 spiro atoms. The lowest BCUT2D eigenvalue weighted by molar-refractivity contribution is -0.137. The summed E-state index contributed by atoms with van der Waals surface area (Å²) in [6, 6.07) is 1.68. The van der Waals surface area contributed by atoms with Gasteiger partial charge in [-0.15, -0.1) is 0 Å². The van der Waals surface area contributed by atoms with Crippen LogP contribution in [0.2, 0.25) is 0 Å². The molecule has 2 rings (SSSR count). The van der Waals surface area contributed by atoms with Crippen LogP contribution in [-0.2, 0) is 11.3 Å². The van der Waals surface area contributed by atoms with Gasteiger partial charge in [-0.3, -0.25) is 14.3 Å². The molecule has 0 aliphatic heterocycles. The lowest BCUT2D eigenvalue weighted by Crippen LogP contribution is -2.12. The Hall–Kier alpha value is -2.57. The normalized spacial score (nSPS) is 10.3. The van der Waals surface area contributed by atoms with Crippen molar-refractivity contribution < 1.29 is 19.1 Å². The first-order valence-electron chi connectivity index (χ1n) is 5.16. The van der Waals surface area contributed by atoms with Crippen LogP contribution < -0.4 is 5.32 Å². The predicted molar refractivity (Wildman–Crippen MR) is 61.3 cm³/mol. The Labute approximate surface area is 102 Å². The number of hydrogen-bond acceptors (Lipinski definition) is 4. The number of amides is 1. The Morgan fingerprint density at radius 3 is 2.94 bits per heavy atom. The van der Waals surface area contributed by atoms with Crippen LogP contribution >= 0.6 is 0 Å². The minimum Gasteiger partial charge on any atom is -0.480 e. The standard InChI is InChI=1S/C11H11N3O4/c1-7-2-3-18-10(7)11(17)13-8-4-12-14(5-8)6-9(15)16/h2-5H,6H2,1H3,(H,13,17)(H,15,16). The lowest BCUT2D eigenvalue weighted by Gasteiger charge is -1.99. The maximum atomic E-state index is 11.8. The van der Waals surface area contributed by atoms with Crippen molar-refractivity contribution in [3.8, 4) is 0 Å². The molecule has 0 aliphatic rings. The summed E-state index contributed by atoms with van der Waals surface area (Å²) in [5, 5.41) is 15.0. The third kappa shape index (κ3) is 2.57. The van der Waals surface area contributed by atoms with Crippen molar-refractivity contribution in [1.29, 1.82) is 0 Å². The number of furan rings is 1. The molecule has 0 saturated carbocycles. The van der Waals surface area contributed by atoms with Gasteiger partial charge in [0, 0.05) is 11.8 Å². The predicted octanol–water partition coefficient (Wildman–Crippen LogP) is 1.12. The number of carbonyl (C=O) groups is 2. The summed E-state index contributed by atoms with van der Waals surface area (Å²) in [5.41, 5.74) is 1.14. The zero-order chi connectivity index (χ0) is 13.1. The quantitative estimate of drug-likeness (QED) is 0.846. The van der Waals surface area contributed by atoms with Crippen molar-refractivity contribution in [2.24, 2.45) is 0 Å². The van der Waals surface area contributed by atoms with E-state index in [-0.39, 0.29) is 12.3 Å². The maximum Gasteiger partial charge on any atom is 0.325 e. The molecular weight excluding hydrogens is 238 g/mol. The Morgan fingerprint density at radius 1 is 1.56 bits per heavy atom. The zero-order valence-corrected chi connectivity index (χ0v) is 9.58. The highest BCUT2D eigenvalue weighted by molar-refractivity contribution is 6.03. The minimum atomic E-state index is -1.00. The highest BCUT2D eigenvalue weighted by Gasteiger charge is 2.13. The summed E-state index contributed by atoms with van der Waals surface area (Å²) in [6.45, 7) is 1.50. The Bertz CT molecular complexity index is 585.